The molecule has 0 N–H and O–H groups in total. The molecule has 4 rings (SSSR count). The van der Waals surface area contributed by atoms with E-state index in [1.54, 1.807) is 30.5 Å². The molecule has 1 aromatic heterocycles. The quantitative estimate of drug-likeness (QED) is 0.487. The molecule has 0 unspecified atom stereocenters. The molecule has 5 nitrogen and oxygen atoms in total. The van der Waals surface area contributed by atoms with E-state index >= 15 is 0 Å². The Balaban J connectivity index is 1.94. The summed E-state index contributed by atoms with van der Waals surface area (Å²) in [6.45, 7) is 3.77. The molecule has 1 atom stereocenters. The second-order valence-corrected chi connectivity index (χ2v) is 9.27. The third kappa shape index (κ3) is 4.31. The molecule has 0 radical (unpaired) electrons. The van der Waals surface area contributed by atoms with Crippen molar-refractivity contribution in [3.8, 4) is 0 Å². The summed E-state index contributed by atoms with van der Waals surface area (Å²) >= 11 is 10.7. The number of ether oxygens (including phenoxy) is 1. The maximum absolute atomic E-state index is 13.4. The van der Waals surface area contributed by atoms with Gasteiger partial charge in [-0.15, -0.1) is 0 Å². The van der Waals surface area contributed by atoms with Crippen LogP contribution < -0.4 is 14.9 Å². The average Bonchev–Trinajstić information content (AvgIpc) is 3.04. The minimum absolute atomic E-state index is 0.207. The van der Waals surface area contributed by atoms with Gasteiger partial charge in [0.05, 0.1) is 28.5 Å². The smallest absolute Gasteiger partial charge is 0.338 e. The Hall–Kier alpha value is -2.48. The summed E-state index contributed by atoms with van der Waals surface area (Å²) < 4.78 is 8.31. The summed E-state index contributed by atoms with van der Waals surface area (Å²) in [6, 6.07) is 14.2. The molecule has 0 saturated carbocycles. The molecule has 0 bridgehead atoms. The number of rotatable bonds is 4. The van der Waals surface area contributed by atoms with Crippen LogP contribution in [0.25, 0.3) is 6.08 Å². The largest absolute Gasteiger partial charge is 0.463 e. The van der Waals surface area contributed by atoms with E-state index in [0.717, 1.165) is 15.6 Å². The van der Waals surface area contributed by atoms with Crippen molar-refractivity contribution in [3.05, 3.63) is 100 Å². The third-order valence-electron chi connectivity index (χ3n) is 4.87. The molecule has 0 aliphatic carbocycles. The van der Waals surface area contributed by atoms with Crippen LogP contribution in [0.3, 0.4) is 0 Å². The van der Waals surface area contributed by atoms with Crippen molar-refractivity contribution >= 4 is 50.9 Å². The maximum Gasteiger partial charge on any atom is 0.338 e. The highest BCUT2D eigenvalue weighted by atomic mass is 79.9. The Morgan fingerprint density at radius 1 is 1.23 bits per heavy atom. The van der Waals surface area contributed by atoms with E-state index in [9.17, 15) is 9.59 Å². The van der Waals surface area contributed by atoms with Crippen molar-refractivity contribution in [1.29, 1.82) is 0 Å². The normalized spacial score (nSPS) is 16.1. The molecule has 0 saturated heterocycles. The number of carbonyl (C=O) groups excluding carboxylic acids is 1. The summed E-state index contributed by atoms with van der Waals surface area (Å²) in [5.74, 6) is -0.469. The highest BCUT2D eigenvalue weighted by Crippen LogP contribution is 2.31. The van der Waals surface area contributed by atoms with Gasteiger partial charge in [0.2, 0.25) is 0 Å². The van der Waals surface area contributed by atoms with Crippen LogP contribution in [0.15, 0.2) is 74.1 Å². The number of allylic oxidation sites excluding steroid dienone is 1. The summed E-state index contributed by atoms with van der Waals surface area (Å²) in [4.78, 5) is 31.4. The number of esters is 1. The first kappa shape index (κ1) is 21.7. The summed E-state index contributed by atoms with van der Waals surface area (Å²) in [7, 11) is 0. The minimum Gasteiger partial charge on any atom is -0.463 e. The molecule has 2 aromatic carbocycles. The summed E-state index contributed by atoms with van der Waals surface area (Å²) in [5, 5.41) is 0.628. The molecule has 158 valence electrons. The Morgan fingerprint density at radius 2 is 1.90 bits per heavy atom. The number of benzene rings is 2. The molecule has 0 spiro atoms. The van der Waals surface area contributed by atoms with Crippen LogP contribution in [-0.4, -0.2) is 17.1 Å². The molecule has 1 aliphatic heterocycles. The van der Waals surface area contributed by atoms with Crippen molar-refractivity contribution in [3.63, 3.8) is 0 Å². The lowest BCUT2D eigenvalue weighted by Gasteiger charge is -2.24. The molecular formula is C23H18BrClN2O3S. The first-order chi connectivity index (χ1) is 14.9. The highest BCUT2D eigenvalue weighted by Gasteiger charge is 2.33. The van der Waals surface area contributed by atoms with Crippen molar-refractivity contribution < 1.29 is 9.53 Å². The Bertz CT molecular complexity index is 1360. The van der Waals surface area contributed by atoms with Gasteiger partial charge < -0.3 is 4.74 Å². The van der Waals surface area contributed by atoms with E-state index in [-0.39, 0.29) is 12.2 Å². The second kappa shape index (κ2) is 8.94. The monoisotopic (exact) mass is 516 g/mol. The molecule has 1 aliphatic rings. The van der Waals surface area contributed by atoms with Gasteiger partial charge in [-0.05, 0) is 55.3 Å². The number of fused-ring (bicyclic) bond motifs is 1. The third-order valence-corrected chi connectivity index (χ3v) is 6.63. The van der Waals surface area contributed by atoms with Crippen LogP contribution in [0.2, 0.25) is 5.02 Å². The van der Waals surface area contributed by atoms with Crippen molar-refractivity contribution in [2.45, 2.75) is 19.9 Å². The molecule has 2 heterocycles. The zero-order valence-electron chi connectivity index (χ0n) is 16.8. The van der Waals surface area contributed by atoms with E-state index in [4.69, 9.17) is 16.3 Å². The number of halogens is 2. The van der Waals surface area contributed by atoms with E-state index in [1.165, 1.54) is 11.3 Å². The van der Waals surface area contributed by atoms with Crippen LogP contribution >= 0.6 is 38.9 Å². The van der Waals surface area contributed by atoms with E-state index < -0.39 is 12.0 Å². The number of hydrogen-bond donors (Lipinski definition) is 0. The standard InChI is InChI=1S/C23H18BrClN2O3S/c1-3-30-22(29)19-13(2)26-23-27(20(19)15-6-8-16(24)9-7-15)21(28)18(31-23)12-14-4-10-17(25)11-5-14/h4-12,20H,3H2,1-2H3/b18-12+/t20-/m1/s1. The second-order valence-electron chi connectivity index (χ2n) is 6.91. The predicted octanol–water partition coefficient (Wildman–Crippen LogP) is 4.21. The van der Waals surface area contributed by atoms with Crippen LogP contribution in [0.4, 0.5) is 0 Å². The zero-order valence-corrected chi connectivity index (χ0v) is 19.9. The lowest BCUT2D eigenvalue weighted by atomic mass is 9.96. The van der Waals surface area contributed by atoms with Gasteiger partial charge in [-0.3, -0.25) is 9.36 Å². The SMILES string of the molecule is CCOC(=O)C1=C(C)N=c2s/c(=C/c3ccc(Cl)cc3)c(=O)n2[C@@H]1c1ccc(Br)cc1. The summed E-state index contributed by atoms with van der Waals surface area (Å²) in [5.41, 5.74) is 2.37. The number of thiazole rings is 1. The molecule has 0 fully saturated rings. The van der Waals surface area contributed by atoms with Gasteiger partial charge in [-0.25, -0.2) is 9.79 Å². The lowest BCUT2D eigenvalue weighted by Crippen LogP contribution is -2.39. The summed E-state index contributed by atoms with van der Waals surface area (Å²) in [6.07, 6.45) is 1.81. The molecule has 0 amide bonds. The number of carbonyl (C=O) groups is 1. The van der Waals surface area contributed by atoms with Gasteiger partial charge in [0, 0.05) is 9.50 Å². The fourth-order valence-corrected chi connectivity index (χ4v) is 4.90. The van der Waals surface area contributed by atoms with Crippen LogP contribution in [0.1, 0.15) is 31.0 Å². The zero-order chi connectivity index (χ0) is 22.1. The van der Waals surface area contributed by atoms with Crippen molar-refractivity contribution in [1.82, 2.24) is 4.57 Å². The van der Waals surface area contributed by atoms with E-state index in [1.807, 2.05) is 42.5 Å². The van der Waals surface area contributed by atoms with E-state index in [0.29, 0.717) is 25.6 Å². The fourth-order valence-electron chi connectivity index (χ4n) is 3.46. The van der Waals surface area contributed by atoms with Gasteiger partial charge in [-0.2, -0.15) is 0 Å². The molecule has 31 heavy (non-hydrogen) atoms. The highest BCUT2D eigenvalue weighted by molar-refractivity contribution is 9.10. The number of aromatic nitrogens is 1. The molecule has 3 aromatic rings. The fraction of sp³-hybridized carbons (Fsp3) is 0.174. The van der Waals surface area contributed by atoms with Crippen LogP contribution in [0.5, 0.6) is 0 Å². The van der Waals surface area contributed by atoms with Crippen LogP contribution in [-0.2, 0) is 9.53 Å². The Kier molecular flexibility index (Phi) is 6.27. The maximum atomic E-state index is 13.4. The van der Waals surface area contributed by atoms with Crippen LogP contribution in [0, 0.1) is 0 Å². The predicted molar refractivity (Wildman–Crippen MR) is 126 cm³/mol. The first-order valence-electron chi connectivity index (χ1n) is 9.59. The van der Waals surface area contributed by atoms with Gasteiger partial charge >= 0.3 is 5.97 Å². The Morgan fingerprint density at radius 3 is 2.55 bits per heavy atom. The van der Waals surface area contributed by atoms with Crippen molar-refractivity contribution in [2.75, 3.05) is 6.61 Å². The molecular weight excluding hydrogens is 500 g/mol. The topological polar surface area (TPSA) is 60.7 Å². The number of hydrogen-bond acceptors (Lipinski definition) is 5. The average molecular weight is 518 g/mol. The number of nitrogens with zero attached hydrogens (tertiary/aromatic N) is 2. The van der Waals surface area contributed by atoms with Gasteiger partial charge in [0.25, 0.3) is 5.56 Å². The van der Waals surface area contributed by atoms with Gasteiger partial charge in [0.15, 0.2) is 4.80 Å². The van der Waals surface area contributed by atoms with Crippen molar-refractivity contribution in [2.24, 2.45) is 4.99 Å². The lowest BCUT2D eigenvalue weighted by molar-refractivity contribution is -0.139. The van der Waals surface area contributed by atoms with E-state index in [2.05, 4.69) is 20.9 Å². The molecule has 8 heteroatoms. The Labute approximate surface area is 196 Å². The van der Waals surface area contributed by atoms with Gasteiger partial charge in [0.1, 0.15) is 0 Å². The minimum atomic E-state index is -0.615. The first-order valence-corrected chi connectivity index (χ1v) is 11.6. The van der Waals surface area contributed by atoms with Gasteiger partial charge in [-0.1, -0.05) is 63.1 Å².